The number of aromatic nitrogens is 2. The molecule has 0 spiro atoms. The molecule has 0 unspecified atom stereocenters. The summed E-state index contributed by atoms with van der Waals surface area (Å²) in [5.41, 5.74) is 1.97. The number of piperidine rings is 2. The van der Waals surface area contributed by atoms with Crippen LogP contribution >= 0.6 is 11.3 Å². The Bertz CT molecular complexity index is 1210. The summed E-state index contributed by atoms with van der Waals surface area (Å²) in [5.74, 6) is 0.346. The number of imide groups is 2. The van der Waals surface area contributed by atoms with E-state index in [9.17, 15) is 19.2 Å². The first-order valence-electron chi connectivity index (χ1n) is 12.4. The molecule has 9 nitrogen and oxygen atoms in total. The van der Waals surface area contributed by atoms with Gasteiger partial charge >= 0.3 is 0 Å². The second-order valence-corrected chi connectivity index (χ2v) is 9.98. The third-order valence-electron chi connectivity index (χ3n) is 6.29. The predicted octanol–water partition coefficient (Wildman–Crippen LogP) is 3.55. The topological polar surface area (TPSA) is 110 Å². The van der Waals surface area contributed by atoms with Crippen molar-refractivity contribution in [2.75, 3.05) is 20.2 Å². The van der Waals surface area contributed by atoms with Crippen molar-refractivity contribution in [1.82, 2.24) is 19.8 Å². The summed E-state index contributed by atoms with van der Waals surface area (Å²) in [6.07, 6.45) is 6.30. The van der Waals surface area contributed by atoms with Gasteiger partial charge in [-0.3, -0.25) is 29.0 Å². The average Bonchev–Trinajstić information content (AvgIpc) is 3.32. The number of amides is 4. The molecular weight excluding hydrogens is 492 g/mol. The zero-order valence-corrected chi connectivity index (χ0v) is 21.7. The SMILES string of the molecule is COc1ccc(CCN2C(=O)CCCC2=O)cn1.O=C1CCCC(=O)N1CCc1nc2ccccc2s1. The van der Waals surface area contributed by atoms with E-state index in [1.165, 1.54) is 9.80 Å². The predicted molar refractivity (Wildman–Crippen MR) is 139 cm³/mol. The van der Waals surface area contributed by atoms with E-state index in [2.05, 4.69) is 9.97 Å². The Balaban J connectivity index is 0.000000173. The molecule has 2 aromatic heterocycles. The van der Waals surface area contributed by atoms with E-state index in [0.29, 0.717) is 70.3 Å². The number of thiazole rings is 1. The van der Waals surface area contributed by atoms with Crippen LogP contribution in [-0.4, -0.2) is 63.6 Å². The summed E-state index contributed by atoms with van der Waals surface area (Å²) in [7, 11) is 1.56. The average molecular weight is 523 g/mol. The highest BCUT2D eigenvalue weighted by Gasteiger charge is 2.26. The highest BCUT2D eigenvalue weighted by molar-refractivity contribution is 7.18. The van der Waals surface area contributed by atoms with Crippen molar-refractivity contribution in [1.29, 1.82) is 0 Å². The number of fused-ring (bicyclic) bond motifs is 1. The van der Waals surface area contributed by atoms with E-state index in [4.69, 9.17) is 4.74 Å². The quantitative estimate of drug-likeness (QED) is 0.437. The first-order chi connectivity index (χ1) is 17.9. The maximum Gasteiger partial charge on any atom is 0.229 e. The molecule has 4 amide bonds. The third kappa shape index (κ3) is 6.97. The van der Waals surface area contributed by atoms with Crippen molar-refractivity contribution in [2.45, 2.75) is 51.4 Å². The molecule has 2 fully saturated rings. The Kier molecular flexibility index (Phi) is 8.95. The molecule has 194 valence electrons. The molecule has 0 N–H and O–H groups in total. The molecule has 2 aliphatic rings. The Labute approximate surface area is 219 Å². The van der Waals surface area contributed by atoms with Gasteiger partial charge in [-0.05, 0) is 37.0 Å². The number of carbonyl (C=O) groups excluding carboxylic acids is 4. The number of likely N-dealkylation sites (tertiary alicyclic amines) is 2. The number of carbonyl (C=O) groups is 4. The molecule has 0 radical (unpaired) electrons. The van der Waals surface area contributed by atoms with Crippen LogP contribution in [0.4, 0.5) is 0 Å². The van der Waals surface area contributed by atoms with Crippen LogP contribution < -0.4 is 4.74 Å². The number of hydrogen-bond donors (Lipinski definition) is 0. The van der Waals surface area contributed by atoms with Crippen LogP contribution in [0.15, 0.2) is 42.6 Å². The van der Waals surface area contributed by atoms with Crippen molar-refractivity contribution in [2.24, 2.45) is 0 Å². The second kappa shape index (κ2) is 12.5. The summed E-state index contributed by atoms with van der Waals surface area (Å²) in [6, 6.07) is 11.6. The number of methoxy groups -OCH3 is 1. The Morgan fingerprint density at radius 1 is 0.811 bits per heavy atom. The molecule has 10 heteroatoms. The van der Waals surface area contributed by atoms with Gasteiger partial charge in [0.1, 0.15) is 0 Å². The zero-order chi connectivity index (χ0) is 26.2. The van der Waals surface area contributed by atoms with Gasteiger partial charge in [-0.25, -0.2) is 9.97 Å². The van der Waals surface area contributed by atoms with Crippen molar-refractivity contribution < 1.29 is 23.9 Å². The fourth-order valence-corrected chi connectivity index (χ4v) is 5.21. The summed E-state index contributed by atoms with van der Waals surface area (Å²) in [4.78, 5) is 57.9. The van der Waals surface area contributed by atoms with Crippen molar-refractivity contribution in [3.8, 4) is 5.88 Å². The van der Waals surface area contributed by atoms with Crippen molar-refractivity contribution in [3.05, 3.63) is 53.2 Å². The lowest BCUT2D eigenvalue weighted by Crippen LogP contribution is -2.41. The second-order valence-electron chi connectivity index (χ2n) is 8.87. The fraction of sp³-hybridized carbons (Fsp3) is 0.407. The maximum atomic E-state index is 11.7. The molecule has 37 heavy (non-hydrogen) atoms. The van der Waals surface area contributed by atoms with E-state index in [-0.39, 0.29) is 23.6 Å². The number of hydrogen-bond acceptors (Lipinski definition) is 8. The zero-order valence-electron chi connectivity index (χ0n) is 20.9. The number of nitrogens with zero attached hydrogens (tertiary/aromatic N) is 4. The highest BCUT2D eigenvalue weighted by atomic mass is 32.1. The van der Waals surface area contributed by atoms with Crippen LogP contribution in [0, 0.1) is 0 Å². The minimum absolute atomic E-state index is 0.0441. The Morgan fingerprint density at radius 3 is 1.95 bits per heavy atom. The van der Waals surface area contributed by atoms with Gasteiger partial charge < -0.3 is 4.74 Å². The summed E-state index contributed by atoms with van der Waals surface area (Å²) < 4.78 is 6.12. The van der Waals surface area contributed by atoms with Crippen molar-refractivity contribution in [3.63, 3.8) is 0 Å². The summed E-state index contributed by atoms with van der Waals surface area (Å²) in [5, 5.41) is 0.979. The molecular formula is C27H30N4O5S. The van der Waals surface area contributed by atoms with Crippen LogP contribution in [0.5, 0.6) is 5.88 Å². The monoisotopic (exact) mass is 522 g/mol. The lowest BCUT2D eigenvalue weighted by Gasteiger charge is -2.24. The summed E-state index contributed by atoms with van der Waals surface area (Å²) in [6.45, 7) is 0.892. The largest absolute Gasteiger partial charge is 0.481 e. The minimum Gasteiger partial charge on any atom is -0.481 e. The van der Waals surface area contributed by atoms with Gasteiger partial charge in [-0.15, -0.1) is 11.3 Å². The van der Waals surface area contributed by atoms with E-state index in [0.717, 1.165) is 20.8 Å². The molecule has 0 saturated carbocycles. The van der Waals surface area contributed by atoms with Crippen LogP contribution in [0.25, 0.3) is 10.2 Å². The Hall–Kier alpha value is -3.66. The van der Waals surface area contributed by atoms with Crippen molar-refractivity contribution >= 4 is 45.2 Å². The standard InChI is InChI=1S/C14H14N2O2S.C13H16N2O3/c17-13-6-3-7-14(18)16(13)9-8-12-15-10-4-1-2-5-11(10)19-12;1-18-11-6-5-10(9-14-11)7-8-15-12(16)3-2-4-13(15)17/h1-2,4-5H,3,6-9H2;5-6,9H,2-4,7-8H2,1H3. The van der Waals surface area contributed by atoms with Gasteiger partial charge in [0, 0.05) is 57.5 Å². The maximum absolute atomic E-state index is 11.7. The molecule has 2 aliphatic heterocycles. The molecule has 0 aliphatic carbocycles. The molecule has 0 atom stereocenters. The van der Waals surface area contributed by atoms with Gasteiger partial charge in [0.05, 0.1) is 22.3 Å². The molecule has 4 heterocycles. The smallest absolute Gasteiger partial charge is 0.229 e. The number of para-hydroxylation sites is 1. The fourth-order valence-electron chi connectivity index (χ4n) is 4.25. The van der Waals surface area contributed by atoms with Gasteiger partial charge in [0.25, 0.3) is 0 Å². The van der Waals surface area contributed by atoms with E-state index in [1.807, 2.05) is 30.3 Å². The van der Waals surface area contributed by atoms with Gasteiger partial charge in [-0.2, -0.15) is 0 Å². The van der Waals surface area contributed by atoms with Crippen LogP contribution in [0.1, 0.15) is 49.1 Å². The number of pyridine rings is 1. The van der Waals surface area contributed by atoms with Gasteiger partial charge in [0.15, 0.2) is 0 Å². The molecule has 1 aromatic carbocycles. The first kappa shape index (κ1) is 26.4. The molecule has 0 bridgehead atoms. The number of rotatable bonds is 7. The van der Waals surface area contributed by atoms with E-state index >= 15 is 0 Å². The first-order valence-corrected chi connectivity index (χ1v) is 13.3. The molecule has 3 aromatic rings. The van der Waals surface area contributed by atoms with Gasteiger partial charge in [-0.1, -0.05) is 18.2 Å². The van der Waals surface area contributed by atoms with Crippen LogP contribution in [-0.2, 0) is 32.0 Å². The van der Waals surface area contributed by atoms with E-state index in [1.54, 1.807) is 30.7 Å². The number of benzene rings is 1. The third-order valence-corrected chi connectivity index (χ3v) is 7.38. The lowest BCUT2D eigenvalue weighted by atomic mass is 10.1. The van der Waals surface area contributed by atoms with Crippen LogP contribution in [0.2, 0.25) is 0 Å². The summed E-state index contributed by atoms with van der Waals surface area (Å²) >= 11 is 1.63. The van der Waals surface area contributed by atoms with E-state index < -0.39 is 0 Å². The number of ether oxygens (including phenoxy) is 1. The Morgan fingerprint density at radius 2 is 1.41 bits per heavy atom. The van der Waals surface area contributed by atoms with Crippen LogP contribution in [0.3, 0.4) is 0 Å². The lowest BCUT2D eigenvalue weighted by molar-refractivity contribution is -0.149. The highest BCUT2D eigenvalue weighted by Crippen LogP contribution is 2.22. The molecule has 5 rings (SSSR count). The van der Waals surface area contributed by atoms with Gasteiger partial charge in [0.2, 0.25) is 29.5 Å². The normalized spacial score (nSPS) is 16.1. The molecule has 2 saturated heterocycles. The minimum atomic E-state index is -0.0623.